The van der Waals surface area contributed by atoms with Gasteiger partial charge in [-0.3, -0.25) is 14.8 Å². The smallest absolute Gasteiger partial charge is 0.231 e. The number of hydrogen-bond acceptors (Lipinski definition) is 7. The predicted octanol–water partition coefficient (Wildman–Crippen LogP) is 3.85. The van der Waals surface area contributed by atoms with Gasteiger partial charge in [-0.2, -0.15) is 0 Å². The summed E-state index contributed by atoms with van der Waals surface area (Å²) in [6, 6.07) is 11.9. The zero-order valence-corrected chi connectivity index (χ0v) is 20.7. The largest absolute Gasteiger partial charge is 0.369 e. The number of rotatable bonds is 11. The molecule has 5 rings (SSSR count). The van der Waals surface area contributed by atoms with Crippen molar-refractivity contribution in [1.29, 1.82) is 0 Å². The zero-order valence-electron chi connectivity index (χ0n) is 19.2. The second kappa shape index (κ2) is 10.8. The molecule has 0 aliphatic heterocycles. The van der Waals surface area contributed by atoms with Crippen molar-refractivity contribution < 1.29 is 4.79 Å². The molecular formula is C26H26Cl2N6O. The molecular weight excluding hydrogens is 483 g/mol. The van der Waals surface area contributed by atoms with Crippen LogP contribution < -0.4 is 15.5 Å². The van der Waals surface area contributed by atoms with E-state index in [-0.39, 0.29) is 5.78 Å². The van der Waals surface area contributed by atoms with Gasteiger partial charge in [0.1, 0.15) is 11.4 Å². The maximum atomic E-state index is 13.3. The number of aromatic nitrogens is 3. The second-order valence-electron chi connectivity index (χ2n) is 8.34. The van der Waals surface area contributed by atoms with E-state index in [1.165, 1.54) is 0 Å². The number of carbonyl (C=O) groups is 1. The van der Waals surface area contributed by atoms with Crippen LogP contribution in [-0.2, 0) is 0 Å². The fourth-order valence-electron chi connectivity index (χ4n) is 4.58. The minimum Gasteiger partial charge on any atom is -0.369 e. The summed E-state index contributed by atoms with van der Waals surface area (Å²) in [6.07, 6.45) is 3.43. The highest BCUT2D eigenvalue weighted by Gasteiger charge is 2.29. The third-order valence-corrected chi connectivity index (χ3v) is 6.59. The van der Waals surface area contributed by atoms with Crippen molar-refractivity contribution in [3.8, 4) is 11.3 Å². The first-order chi connectivity index (χ1) is 17.2. The van der Waals surface area contributed by atoms with Gasteiger partial charge in [-0.1, -0.05) is 0 Å². The van der Waals surface area contributed by atoms with Gasteiger partial charge in [-0.05, 0) is 41.8 Å². The van der Waals surface area contributed by atoms with Crippen LogP contribution >= 0.6 is 23.2 Å². The maximum absolute atomic E-state index is 13.3. The summed E-state index contributed by atoms with van der Waals surface area (Å²) in [4.78, 5) is 29.3. The number of alkyl halides is 2. The standard InChI is InChI=1S/C26H26Cl2N6O/c27-6-10-29-12-14-34(15-13-30-11-7-28)17-3-4-21-20(16-17)18-5-9-32-23-19-2-1-8-31-24(19)26(35)25(33-21)22(18)23/h1-5,8-9,16,29-30H,6-7,10-15H2. The number of hydrogen-bond donors (Lipinski definition) is 2. The van der Waals surface area contributed by atoms with E-state index in [0.29, 0.717) is 23.1 Å². The van der Waals surface area contributed by atoms with Crippen molar-refractivity contribution >= 4 is 56.3 Å². The molecule has 4 aromatic rings. The second-order valence-corrected chi connectivity index (χ2v) is 9.09. The molecule has 3 aromatic heterocycles. The lowest BCUT2D eigenvalue weighted by Crippen LogP contribution is -2.37. The summed E-state index contributed by atoms with van der Waals surface area (Å²) in [5.74, 6) is 1.01. The van der Waals surface area contributed by atoms with Gasteiger partial charge in [0.15, 0.2) is 0 Å². The van der Waals surface area contributed by atoms with E-state index < -0.39 is 0 Å². The molecule has 1 aromatic carbocycles. The molecule has 0 radical (unpaired) electrons. The SMILES string of the molecule is O=C1c2ncccc2-c2nccc3c2c1nc1ccc(N(CCNCCCl)CCNCCCl)cc13. The van der Waals surface area contributed by atoms with Crippen molar-refractivity contribution in [2.24, 2.45) is 0 Å². The molecule has 0 amide bonds. The predicted molar refractivity (Wildman–Crippen MR) is 143 cm³/mol. The van der Waals surface area contributed by atoms with Crippen LogP contribution in [0.25, 0.3) is 32.9 Å². The number of nitrogens with one attached hydrogen (secondary N) is 2. The Hall–Kier alpha value is -2.84. The van der Waals surface area contributed by atoms with Crippen LogP contribution in [-0.4, -0.2) is 71.8 Å². The Kier molecular flexibility index (Phi) is 7.39. The first-order valence-corrected chi connectivity index (χ1v) is 12.8. The molecule has 0 unspecified atom stereocenters. The number of fused-ring (bicyclic) bond motifs is 4. The molecule has 0 saturated carbocycles. The number of pyridine rings is 3. The number of carbonyl (C=O) groups excluding carboxylic acids is 1. The van der Waals surface area contributed by atoms with Gasteiger partial charge in [0.25, 0.3) is 0 Å². The van der Waals surface area contributed by atoms with E-state index in [0.717, 1.165) is 77.9 Å². The van der Waals surface area contributed by atoms with E-state index in [4.69, 9.17) is 28.2 Å². The summed E-state index contributed by atoms with van der Waals surface area (Å²) in [6.45, 7) is 4.86. The first-order valence-electron chi connectivity index (χ1n) is 11.7. The van der Waals surface area contributed by atoms with Crippen LogP contribution in [0.2, 0.25) is 0 Å². The van der Waals surface area contributed by atoms with Crippen molar-refractivity contribution in [1.82, 2.24) is 25.6 Å². The zero-order chi connectivity index (χ0) is 24.2. The van der Waals surface area contributed by atoms with Gasteiger partial charge in [0, 0.05) is 85.4 Å². The first kappa shape index (κ1) is 23.9. The van der Waals surface area contributed by atoms with E-state index in [1.54, 1.807) is 12.4 Å². The maximum Gasteiger partial charge on any atom is 0.231 e. The van der Waals surface area contributed by atoms with Crippen LogP contribution in [0.5, 0.6) is 0 Å². The van der Waals surface area contributed by atoms with E-state index in [2.05, 4.69) is 37.6 Å². The van der Waals surface area contributed by atoms with Crippen LogP contribution in [0.3, 0.4) is 0 Å². The molecule has 0 saturated heterocycles. The average Bonchev–Trinajstić information content (AvgIpc) is 2.90. The Labute approximate surface area is 213 Å². The molecule has 1 aliphatic carbocycles. The van der Waals surface area contributed by atoms with Gasteiger partial charge in [-0.25, -0.2) is 4.98 Å². The lowest BCUT2D eigenvalue weighted by molar-refractivity contribution is 0.103. The molecule has 0 bridgehead atoms. The van der Waals surface area contributed by atoms with Crippen molar-refractivity contribution in [2.75, 3.05) is 55.9 Å². The Morgan fingerprint density at radius 3 is 2.29 bits per heavy atom. The van der Waals surface area contributed by atoms with Gasteiger partial charge in [-0.15, -0.1) is 23.2 Å². The molecule has 180 valence electrons. The van der Waals surface area contributed by atoms with Crippen molar-refractivity contribution in [2.45, 2.75) is 0 Å². The highest BCUT2D eigenvalue weighted by atomic mass is 35.5. The van der Waals surface area contributed by atoms with Crippen molar-refractivity contribution in [3.63, 3.8) is 0 Å². The summed E-state index contributed by atoms with van der Waals surface area (Å²) >= 11 is 11.6. The van der Waals surface area contributed by atoms with Crippen molar-refractivity contribution in [3.05, 3.63) is 60.2 Å². The number of benzene rings is 1. The molecule has 7 nitrogen and oxygen atoms in total. The lowest BCUT2D eigenvalue weighted by atomic mass is 9.90. The molecule has 0 spiro atoms. The lowest BCUT2D eigenvalue weighted by Gasteiger charge is -2.26. The summed E-state index contributed by atoms with van der Waals surface area (Å²) in [7, 11) is 0. The van der Waals surface area contributed by atoms with Crippen LogP contribution in [0, 0.1) is 0 Å². The van der Waals surface area contributed by atoms with Crippen LogP contribution in [0.4, 0.5) is 5.69 Å². The number of ketones is 1. The van der Waals surface area contributed by atoms with E-state index >= 15 is 0 Å². The highest BCUT2D eigenvalue weighted by molar-refractivity contribution is 6.27. The molecule has 35 heavy (non-hydrogen) atoms. The molecule has 1 aliphatic rings. The van der Waals surface area contributed by atoms with Crippen LogP contribution in [0.15, 0.2) is 48.8 Å². The van der Waals surface area contributed by atoms with Crippen LogP contribution in [0.1, 0.15) is 16.2 Å². The van der Waals surface area contributed by atoms with Gasteiger partial charge in [0.2, 0.25) is 5.78 Å². The third kappa shape index (κ3) is 4.69. The minimum absolute atomic E-state index is 0.158. The normalized spacial score (nSPS) is 12.3. The molecule has 0 atom stereocenters. The third-order valence-electron chi connectivity index (χ3n) is 6.21. The Bertz CT molecular complexity index is 1370. The van der Waals surface area contributed by atoms with E-state index in [1.807, 2.05) is 24.3 Å². The average molecular weight is 509 g/mol. The Morgan fingerprint density at radius 2 is 1.54 bits per heavy atom. The fourth-order valence-corrected chi connectivity index (χ4v) is 4.84. The Morgan fingerprint density at radius 1 is 0.800 bits per heavy atom. The number of nitrogens with zero attached hydrogens (tertiary/aromatic N) is 4. The van der Waals surface area contributed by atoms with E-state index in [9.17, 15) is 4.79 Å². The Balaban J connectivity index is 1.58. The fraction of sp³-hybridized carbons (Fsp3) is 0.308. The van der Waals surface area contributed by atoms with Gasteiger partial charge in [0.05, 0.1) is 11.2 Å². The topological polar surface area (TPSA) is 83.0 Å². The summed E-state index contributed by atoms with van der Waals surface area (Å²) in [5, 5.41) is 9.50. The summed E-state index contributed by atoms with van der Waals surface area (Å²) in [5.41, 5.74) is 4.21. The number of anilines is 1. The number of halogens is 2. The molecule has 2 N–H and O–H groups in total. The highest BCUT2D eigenvalue weighted by Crippen LogP contribution is 2.39. The monoisotopic (exact) mass is 508 g/mol. The molecule has 0 fully saturated rings. The molecule has 3 heterocycles. The summed E-state index contributed by atoms with van der Waals surface area (Å²) < 4.78 is 0. The quantitative estimate of drug-likeness (QED) is 0.159. The van der Waals surface area contributed by atoms with Gasteiger partial charge < -0.3 is 15.5 Å². The minimum atomic E-state index is -0.158. The van der Waals surface area contributed by atoms with Gasteiger partial charge >= 0.3 is 0 Å². The molecule has 9 heteroatoms.